The highest BCUT2D eigenvalue weighted by atomic mass is 79.9. The Balaban J connectivity index is 2.23. The predicted molar refractivity (Wildman–Crippen MR) is 77.0 cm³/mol. The number of nitrogens with zero attached hydrogens (tertiary/aromatic N) is 2. The summed E-state index contributed by atoms with van der Waals surface area (Å²) in [5.41, 5.74) is 1.59. The molecule has 1 heterocycles. The highest BCUT2D eigenvalue weighted by Crippen LogP contribution is 2.18. The van der Waals surface area contributed by atoms with E-state index >= 15 is 0 Å². The molecule has 0 bridgehead atoms. The molecule has 1 aliphatic rings. The smallest absolute Gasteiger partial charge is 0.254 e. The Hall–Kier alpha value is -1.36. The van der Waals surface area contributed by atoms with E-state index < -0.39 is 0 Å². The van der Waals surface area contributed by atoms with Crippen molar-refractivity contribution in [1.29, 1.82) is 0 Å². The average molecular weight is 325 g/mol. The van der Waals surface area contributed by atoms with E-state index in [-0.39, 0.29) is 18.4 Å². The molecule has 0 saturated carbocycles. The number of rotatable bonds is 1. The normalized spacial score (nSPS) is 16.5. The first-order chi connectivity index (χ1) is 8.99. The first kappa shape index (κ1) is 14.1. The molecule has 0 aliphatic carbocycles. The minimum atomic E-state index is -0.0672. The van der Waals surface area contributed by atoms with E-state index in [9.17, 15) is 9.59 Å². The summed E-state index contributed by atoms with van der Waals surface area (Å²) in [7, 11) is 1.78. The molecule has 1 saturated heterocycles. The van der Waals surface area contributed by atoms with Crippen molar-refractivity contribution in [3.8, 4) is 0 Å². The van der Waals surface area contributed by atoms with Crippen molar-refractivity contribution in [3.63, 3.8) is 0 Å². The number of amides is 2. The van der Waals surface area contributed by atoms with E-state index in [1.165, 1.54) is 0 Å². The molecular formula is C14H17BrN2O2. The van der Waals surface area contributed by atoms with Crippen LogP contribution in [-0.4, -0.2) is 48.3 Å². The zero-order chi connectivity index (χ0) is 14.0. The Labute approximate surface area is 121 Å². The highest BCUT2D eigenvalue weighted by Gasteiger charge is 2.24. The summed E-state index contributed by atoms with van der Waals surface area (Å²) in [6.07, 6.45) is 0.820. The lowest BCUT2D eigenvalue weighted by Crippen LogP contribution is -2.38. The summed E-state index contributed by atoms with van der Waals surface area (Å²) in [5, 5.41) is 0. The molecule has 0 radical (unpaired) electrons. The second-order valence-electron chi connectivity index (χ2n) is 4.85. The maximum Gasteiger partial charge on any atom is 0.254 e. The number of hydrogen-bond acceptors (Lipinski definition) is 2. The number of aryl methyl sites for hydroxylation is 1. The summed E-state index contributed by atoms with van der Waals surface area (Å²) in [4.78, 5) is 27.7. The molecule has 1 aliphatic heterocycles. The zero-order valence-electron chi connectivity index (χ0n) is 11.1. The third kappa shape index (κ3) is 3.15. The molecular weight excluding hydrogens is 308 g/mol. The molecule has 1 fully saturated rings. The maximum atomic E-state index is 12.5. The Morgan fingerprint density at radius 1 is 1.32 bits per heavy atom. The number of carbonyl (C=O) groups is 2. The summed E-state index contributed by atoms with van der Waals surface area (Å²) in [6.45, 7) is 3.41. The fourth-order valence-electron chi connectivity index (χ4n) is 2.15. The second-order valence-corrected chi connectivity index (χ2v) is 5.77. The molecule has 1 aromatic carbocycles. The van der Waals surface area contributed by atoms with Crippen LogP contribution in [0.3, 0.4) is 0 Å². The molecule has 2 rings (SSSR count). The maximum absolute atomic E-state index is 12.5. The van der Waals surface area contributed by atoms with Crippen LogP contribution in [0.15, 0.2) is 22.7 Å². The van der Waals surface area contributed by atoms with Crippen LogP contribution in [0, 0.1) is 6.92 Å². The van der Waals surface area contributed by atoms with Gasteiger partial charge in [0, 0.05) is 30.2 Å². The van der Waals surface area contributed by atoms with Crippen LogP contribution in [0.1, 0.15) is 22.3 Å². The Bertz CT molecular complexity index is 516. The molecule has 0 unspecified atom stereocenters. The second kappa shape index (κ2) is 5.74. The summed E-state index contributed by atoms with van der Waals surface area (Å²) in [5.74, 6) is -0.0686. The van der Waals surface area contributed by atoms with Crippen molar-refractivity contribution in [1.82, 2.24) is 9.80 Å². The molecule has 19 heavy (non-hydrogen) atoms. The molecule has 5 heteroatoms. The topological polar surface area (TPSA) is 40.6 Å². The molecule has 4 nitrogen and oxygen atoms in total. The van der Waals surface area contributed by atoms with Gasteiger partial charge in [-0.2, -0.15) is 0 Å². The van der Waals surface area contributed by atoms with Crippen molar-refractivity contribution in [3.05, 3.63) is 33.8 Å². The van der Waals surface area contributed by atoms with E-state index in [0.29, 0.717) is 18.7 Å². The van der Waals surface area contributed by atoms with Gasteiger partial charge in [0.05, 0.1) is 0 Å². The van der Waals surface area contributed by atoms with Gasteiger partial charge in [-0.1, -0.05) is 22.0 Å². The van der Waals surface area contributed by atoms with Gasteiger partial charge >= 0.3 is 0 Å². The van der Waals surface area contributed by atoms with Crippen LogP contribution in [0.5, 0.6) is 0 Å². The van der Waals surface area contributed by atoms with Crippen molar-refractivity contribution in [2.75, 3.05) is 26.7 Å². The SMILES string of the molecule is Cc1ccc(Br)cc1C(=O)N1CCCN(C)C(=O)C1. The average Bonchev–Trinajstić information content (AvgIpc) is 2.54. The quantitative estimate of drug-likeness (QED) is 0.793. The van der Waals surface area contributed by atoms with E-state index in [4.69, 9.17) is 0 Å². The first-order valence-electron chi connectivity index (χ1n) is 6.28. The molecule has 0 aromatic heterocycles. The number of halogens is 1. The summed E-state index contributed by atoms with van der Waals surface area (Å²) >= 11 is 3.38. The number of carbonyl (C=O) groups excluding carboxylic acids is 2. The van der Waals surface area contributed by atoms with E-state index in [0.717, 1.165) is 16.5 Å². The minimum Gasteiger partial charge on any atom is -0.344 e. The largest absolute Gasteiger partial charge is 0.344 e. The number of benzene rings is 1. The molecule has 102 valence electrons. The predicted octanol–water partition coefficient (Wildman–Crippen LogP) is 2.06. The molecule has 0 atom stereocenters. The Morgan fingerprint density at radius 2 is 2.05 bits per heavy atom. The summed E-state index contributed by atoms with van der Waals surface area (Å²) in [6, 6.07) is 5.63. The van der Waals surface area contributed by atoms with Crippen molar-refractivity contribution in [2.24, 2.45) is 0 Å². The third-order valence-corrected chi connectivity index (χ3v) is 3.88. The summed E-state index contributed by atoms with van der Waals surface area (Å²) < 4.78 is 0.875. The molecule has 0 spiro atoms. The molecule has 1 aromatic rings. The molecule has 2 amide bonds. The van der Waals surface area contributed by atoms with Crippen LogP contribution in [0.2, 0.25) is 0 Å². The monoisotopic (exact) mass is 324 g/mol. The number of likely N-dealkylation sites (N-methyl/N-ethyl adjacent to an activating group) is 1. The van der Waals surface area contributed by atoms with Crippen molar-refractivity contribution >= 4 is 27.7 Å². The van der Waals surface area contributed by atoms with Crippen LogP contribution in [-0.2, 0) is 4.79 Å². The fraction of sp³-hybridized carbons (Fsp3) is 0.429. The molecule has 0 N–H and O–H groups in total. The van der Waals surface area contributed by atoms with Gasteiger partial charge in [0.15, 0.2) is 0 Å². The Morgan fingerprint density at radius 3 is 2.79 bits per heavy atom. The standard InChI is InChI=1S/C14H17BrN2O2/c1-10-4-5-11(15)8-12(10)14(19)17-7-3-6-16(2)13(18)9-17/h4-5,8H,3,6-7,9H2,1-2H3. The lowest BCUT2D eigenvalue weighted by Gasteiger charge is -2.20. The Kier molecular flexibility index (Phi) is 4.24. The van der Waals surface area contributed by atoms with Gasteiger partial charge in [0.1, 0.15) is 6.54 Å². The van der Waals surface area contributed by atoms with Gasteiger partial charge < -0.3 is 9.80 Å². The van der Waals surface area contributed by atoms with E-state index in [1.54, 1.807) is 16.8 Å². The number of hydrogen-bond donors (Lipinski definition) is 0. The van der Waals surface area contributed by atoms with Crippen LogP contribution < -0.4 is 0 Å². The zero-order valence-corrected chi connectivity index (χ0v) is 12.7. The van der Waals surface area contributed by atoms with Gasteiger partial charge in [-0.3, -0.25) is 9.59 Å². The highest BCUT2D eigenvalue weighted by molar-refractivity contribution is 9.10. The van der Waals surface area contributed by atoms with Gasteiger partial charge in [-0.05, 0) is 31.0 Å². The minimum absolute atomic E-state index is 0.00139. The van der Waals surface area contributed by atoms with Crippen molar-refractivity contribution < 1.29 is 9.59 Å². The van der Waals surface area contributed by atoms with Crippen LogP contribution >= 0.6 is 15.9 Å². The van der Waals surface area contributed by atoms with Crippen LogP contribution in [0.25, 0.3) is 0 Å². The lowest BCUT2D eigenvalue weighted by molar-refractivity contribution is -0.129. The van der Waals surface area contributed by atoms with E-state index in [1.807, 2.05) is 25.1 Å². The van der Waals surface area contributed by atoms with Crippen molar-refractivity contribution in [2.45, 2.75) is 13.3 Å². The fourth-order valence-corrected chi connectivity index (χ4v) is 2.52. The van der Waals surface area contributed by atoms with Gasteiger partial charge in [-0.25, -0.2) is 0 Å². The van der Waals surface area contributed by atoms with Gasteiger partial charge in [0.25, 0.3) is 5.91 Å². The third-order valence-electron chi connectivity index (χ3n) is 3.39. The van der Waals surface area contributed by atoms with E-state index in [2.05, 4.69) is 15.9 Å². The first-order valence-corrected chi connectivity index (χ1v) is 7.07. The van der Waals surface area contributed by atoms with Gasteiger partial charge in [0.2, 0.25) is 5.91 Å². The van der Waals surface area contributed by atoms with Crippen LogP contribution in [0.4, 0.5) is 0 Å². The van der Waals surface area contributed by atoms with Gasteiger partial charge in [-0.15, -0.1) is 0 Å². The lowest BCUT2D eigenvalue weighted by atomic mass is 10.1.